The molecule has 0 N–H and O–H groups in total. The molecule has 2 aliphatic carbocycles. The lowest BCUT2D eigenvalue weighted by molar-refractivity contribution is -0.149. The molecule has 0 aromatic carbocycles. The lowest BCUT2D eigenvalue weighted by Gasteiger charge is -2.02. The Hall–Kier alpha value is -1.32. The molecule has 0 aliphatic heterocycles. The summed E-state index contributed by atoms with van der Waals surface area (Å²) in [6.07, 6.45) is 3.95. The van der Waals surface area contributed by atoms with Gasteiger partial charge in [-0.3, -0.25) is 9.59 Å². The Morgan fingerprint density at radius 3 is 2.53 bits per heavy atom. The van der Waals surface area contributed by atoms with E-state index < -0.39 is 0 Å². The number of hydrogen-bond acceptors (Lipinski definition) is 4. The first-order chi connectivity index (χ1) is 7.22. The molecular weight excluding hydrogens is 196 g/mol. The molecule has 0 radical (unpaired) electrons. The number of carbonyl (C=O) groups excluding carboxylic acids is 2. The number of ether oxygens (including phenoxy) is 2. The van der Waals surface area contributed by atoms with Crippen molar-refractivity contribution in [2.75, 3.05) is 6.61 Å². The molecule has 0 amide bonds. The van der Waals surface area contributed by atoms with Crippen LogP contribution in [-0.2, 0) is 19.1 Å². The Bertz CT molecular complexity index is 293. The highest BCUT2D eigenvalue weighted by molar-refractivity contribution is 5.87. The summed E-state index contributed by atoms with van der Waals surface area (Å²) < 4.78 is 9.68. The quantitative estimate of drug-likeness (QED) is 0.506. The molecule has 0 bridgehead atoms. The minimum atomic E-state index is -0.377. The summed E-state index contributed by atoms with van der Waals surface area (Å²) in [6.45, 7) is 3.80. The molecule has 2 aliphatic rings. The molecule has 2 unspecified atom stereocenters. The zero-order valence-corrected chi connectivity index (χ0v) is 8.48. The lowest BCUT2D eigenvalue weighted by Crippen LogP contribution is -2.13. The number of rotatable bonds is 5. The van der Waals surface area contributed by atoms with Crippen LogP contribution in [-0.4, -0.2) is 18.5 Å². The van der Waals surface area contributed by atoms with Crippen molar-refractivity contribution >= 4 is 11.9 Å². The van der Waals surface area contributed by atoms with Gasteiger partial charge in [-0.1, -0.05) is 6.58 Å². The van der Waals surface area contributed by atoms with Gasteiger partial charge in [-0.05, 0) is 25.2 Å². The van der Waals surface area contributed by atoms with Gasteiger partial charge in [-0.25, -0.2) is 0 Å². The molecule has 2 fully saturated rings. The Morgan fingerprint density at radius 1 is 1.27 bits per heavy atom. The van der Waals surface area contributed by atoms with Crippen LogP contribution in [0.2, 0.25) is 0 Å². The van der Waals surface area contributed by atoms with Gasteiger partial charge in [0.1, 0.15) is 0 Å². The summed E-state index contributed by atoms with van der Waals surface area (Å²) in [4.78, 5) is 22.6. The molecule has 0 aromatic heterocycles. The SMILES string of the molecule is C=COC(=O)C1CC1C(=O)OCC1CC1. The third kappa shape index (κ3) is 2.58. The predicted octanol–water partition coefficient (Wildman–Crippen LogP) is 1.26. The molecule has 82 valence electrons. The first kappa shape index (κ1) is 10.2. The standard InChI is InChI=1S/C11H14O4/c1-2-14-10(12)8-5-9(8)11(13)15-6-7-3-4-7/h2,7-9H,1,3-6H2. The molecule has 0 spiro atoms. The van der Waals surface area contributed by atoms with Crippen molar-refractivity contribution < 1.29 is 19.1 Å². The maximum Gasteiger partial charge on any atom is 0.314 e. The Labute approximate surface area is 88.2 Å². The van der Waals surface area contributed by atoms with Crippen LogP contribution in [0.25, 0.3) is 0 Å². The van der Waals surface area contributed by atoms with Gasteiger partial charge >= 0.3 is 11.9 Å². The summed E-state index contributed by atoms with van der Waals surface area (Å²) >= 11 is 0. The monoisotopic (exact) mass is 210 g/mol. The normalized spacial score (nSPS) is 28.0. The zero-order valence-electron chi connectivity index (χ0n) is 8.48. The van der Waals surface area contributed by atoms with Gasteiger partial charge in [0.05, 0.1) is 24.7 Å². The van der Waals surface area contributed by atoms with Crippen molar-refractivity contribution in [2.45, 2.75) is 19.3 Å². The van der Waals surface area contributed by atoms with Gasteiger partial charge in [-0.2, -0.15) is 0 Å². The summed E-state index contributed by atoms with van der Waals surface area (Å²) in [5.74, 6) is -0.663. The maximum atomic E-state index is 11.4. The number of hydrogen-bond donors (Lipinski definition) is 0. The Balaban J connectivity index is 1.69. The van der Waals surface area contributed by atoms with Gasteiger partial charge < -0.3 is 9.47 Å². The molecule has 2 rings (SSSR count). The summed E-state index contributed by atoms with van der Waals surface area (Å²) in [7, 11) is 0. The summed E-state index contributed by atoms with van der Waals surface area (Å²) in [5, 5.41) is 0. The van der Waals surface area contributed by atoms with E-state index in [4.69, 9.17) is 4.74 Å². The topological polar surface area (TPSA) is 52.6 Å². The van der Waals surface area contributed by atoms with Crippen LogP contribution in [0.4, 0.5) is 0 Å². The van der Waals surface area contributed by atoms with E-state index in [0.717, 1.165) is 19.1 Å². The van der Waals surface area contributed by atoms with E-state index >= 15 is 0 Å². The van der Waals surface area contributed by atoms with Crippen LogP contribution < -0.4 is 0 Å². The predicted molar refractivity (Wildman–Crippen MR) is 51.6 cm³/mol. The van der Waals surface area contributed by atoms with E-state index in [1.807, 2.05) is 0 Å². The number of esters is 2. The molecule has 15 heavy (non-hydrogen) atoms. The van der Waals surface area contributed by atoms with Crippen LogP contribution >= 0.6 is 0 Å². The van der Waals surface area contributed by atoms with Gasteiger partial charge in [0, 0.05) is 0 Å². The summed E-state index contributed by atoms with van der Waals surface area (Å²) in [6, 6.07) is 0. The second-order valence-corrected chi connectivity index (χ2v) is 4.13. The summed E-state index contributed by atoms with van der Waals surface area (Å²) in [5.41, 5.74) is 0. The average Bonchev–Trinajstić information content (AvgIpc) is 3.07. The Kier molecular flexibility index (Phi) is 2.75. The molecule has 4 heteroatoms. The van der Waals surface area contributed by atoms with Crippen molar-refractivity contribution in [3.8, 4) is 0 Å². The highest BCUT2D eigenvalue weighted by Gasteiger charge is 2.50. The maximum absolute atomic E-state index is 11.4. The van der Waals surface area contributed by atoms with Crippen molar-refractivity contribution in [3.63, 3.8) is 0 Å². The average molecular weight is 210 g/mol. The van der Waals surface area contributed by atoms with Gasteiger partial charge in [0.25, 0.3) is 0 Å². The fraction of sp³-hybridized carbons (Fsp3) is 0.636. The molecular formula is C11H14O4. The molecule has 2 atom stereocenters. The van der Waals surface area contributed by atoms with Crippen molar-refractivity contribution in [3.05, 3.63) is 12.8 Å². The Morgan fingerprint density at radius 2 is 1.93 bits per heavy atom. The number of carbonyl (C=O) groups is 2. The zero-order chi connectivity index (χ0) is 10.8. The van der Waals surface area contributed by atoms with Crippen LogP contribution in [0.15, 0.2) is 12.8 Å². The van der Waals surface area contributed by atoms with Gasteiger partial charge in [-0.15, -0.1) is 0 Å². The fourth-order valence-electron chi connectivity index (χ4n) is 1.48. The highest BCUT2D eigenvalue weighted by Crippen LogP contribution is 2.41. The molecule has 0 saturated heterocycles. The van der Waals surface area contributed by atoms with Crippen molar-refractivity contribution in [1.29, 1.82) is 0 Å². The molecule has 4 nitrogen and oxygen atoms in total. The largest absolute Gasteiger partial charge is 0.465 e. The molecule has 0 aromatic rings. The van der Waals surface area contributed by atoms with Crippen LogP contribution in [0, 0.1) is 17.8 Å². The van der Waals surface area contributed by atoms with Crippen LogP contribution in [0.1, 0.15) is 19.3 Å². The van der Waals surface area contributed by atoms with E-state index in [1.54, 1.807) is 0 Å². The highest BCUT2D eigenvalue weighted by atomic mass is 16.5. The second-order valence-electron chi connectivity index (χ2n) is 4.13. The second kappa shape index (κ2) is 4.04. The van der Waals surface area contributed by atoms with Crippen LogP contribution in [0.3, 0.4) is 0 Å². The van der Waals surface area contributed by atoms with E-state index in [1.165, 1.54) is 0 Å². The smallest absolute Gasteiger partial charge is 0.314 e. The van der Waals surface area contributed by atoms with Crippen molar-refractivity contribution in [1.82, 2.24) is 0 Å². The minimum Gasteiger partial charge on any atom is -0.465 e. The van der Waals surface area contributed by atoms with Crippen molar-refractivity contribution in [2.24, 2.45) is 17.8 Å². The van der Waals surface area contributed by atoms with Gasteiger partial charge in [0.2, 0.25) is 0 Å². The van der Waals surface area contributed by atoms with E-state index in [2.05, 4.69) is 11.3 Å². The first-order valence-electron chi connectivity index (χ1n) is 5.20. The van der Waals surface area contributed by atoms with E-state index in [-0.39, 0.29) is 23.8 Å². The first-order valence-corrected chi connectivity index (χ1v) is 5.20. The lowest BCUT2D eigenvalue weighted by atomic mass is 10.3. The minimum absolute atomic E-state index is 0.257. The van der Waals surface area contributed by atoms with Gasteiger partial charge in [0.15, 0.2) is 0 Å². The third-order valence-corrected chi connectivity index (χ3v) is 2.75. The third-order valence-electron chi connectivity index (χ3n) is 2.75. The molecule has 2 saturated carbocycles. The van der Waals surface area contributed by atoms with E-state index in [0.29, 0.717) is 18.9 Å². The fourth-order valence-corrected chi connectivity index (χ4v) is 1.48. The molecule has 0 heterocycles. The van der Waals surface area contributed by atoms with Crippen LogP contribution in [0.5, 0.6) is 0 Å². The van der Waals surface area contributed by atoms with E-state index in [9.17, 15) is 9.59 Å².